The molecule has 0 aromatic heterocycles. The van der Waals surface area contributed by atoms with Gasteiger partial charge in [0.2, 0.25) is 0 Å². The van der Waals surface area contributed by atoms with Gasteiger partial charge in [-0.25, -0.2) is 0 Å². The molecule has 1 N–H and O–H groups in total. The lowest BCUT2D eigenvalue weighted by Gasteiger charge is -2.19. The van der Waals surface area contributed by atoms with Gasteiger partial charge in [-0.15, -0.1) is 0 Å². The molecule has 1 aromatic carbocycles. The van der Waals surface area contributed by atoms with Crippen LogP contribution in [0.1, 0.15) is 53.0 Å². The second kappa shape index (κ2) is 10.5. The van der Waals surface area contributed by atoms with Gasteiger partial charge in [0.1, 0.15) is 5.75 Å². The maximum absolute atomic E-state index is 5.42. The van der Waals surface area contributed by atoms with E-state index in [-0.39, 0.29) is 0 Å². The lowest BCUT2D eigenvalue weighted by Crippen LogP contribution is -2.36. The molecule has 2 heteroatoms. The van der Waals surface area contributed by atoms with E-state index in [1.807, 2.05) is 30.3 Å². The first kappa shape index (κ1) is 18.7. The summed E-state index contributed by atoms with van der Waals surface area (Å²) in [5.41, 5.74) is 1.43. The zero-order valence-electron chi connectivity index (χ0n) is 13.8. The molecule has 0 heterocycles. The maximum Gasteiger partial charge on any atom is 0.119 e. The zero-order chi connectivity index (χ0) is 15.4. The van der Waals surface area contributed by atoms with Gasteiger partial charge in [-0.1, -0.05) is 38.6 Å². The van der Waals surface area contributed by atoms with Crippen molar-refractivity contribution in [3.63, 3.8) is 0 Å². The fourth-order valence-electron chi connectivity index (χ4n) is 1.42. The van der Waals surface area contributed by atoms with Crippen LogP contribution in [0.25, 0.3) is 6.08 Å². The monoisotopic (exact) mass is 277 g/mol. The van der Waals surface area contributed by atoms with Crippen LogP contribution >= 0.6 is 0 Å². The van der Waals surface area contributed by atoms with Crippen LogP contribution in [0.15, 0.2) is 30.8 Å². The lowest BCUT2D eigenvalue weighted by atomic mass is 10.1. The number of nitrogens with one attached hydrogen (secondary N) is 1. The quantitative estimate of drug-likeness (QED) is 0.798. The molecule has 0 radical (unpaired) electrons. The highest BCUT2D eigenvalue weighted by Gasteiger charge is 2.05. The van der Waals surface area contributed by atoms with E-state index in [1.165, 1.54) is 6.42 Å². The largest absolute Gasteiger partial charge is 0.494 e. The highest BCUT2D eigenvalue weighted by molar-refractivity contribution is 5.48. The summed E-state index contributed by atoms with van der Waals surface area (Å²) in [6.07, 6.45) is 4.09. The summed E-state index contributed by atoms with van der Waals surface area (Å²) in [6, 6.07) is 7.93. The molecule has 2 nitrogen and oxygen atoms in total. The predicted octanol–water partition coefficient (Wildman–Crippen LogP) is 4.90. The molecule has 0 bridgehead atoms. The van der Waals surface area contributed by atoms with Crippen molar-refractivity contribution in [2.24, 2.45) is 0 Å². The van der Waals surface area contributed by atoms with Crippen molar-refractivity contribution < 1.29 is 4.74 Å². The SMILES string of the molecule is C=Cc1ccc(OCCC)cc1.CCCNC(C)(C)C. The minimum Gasteiger partial charge on any atom is -0.494 e. The minimum atomic E-state index is 0.302. The Morgan fingerprint density at radius 1 is 1.10 bits per heavy atom. The van der Waals surface area contributed by atoms with Crippen molar-refractivity contribution in [3.05, 3.63) is 36.4 Å². The second-order valence-corrected chi connectivity index (χ2v) is 5.80. The first-order chi connectivity index (χ1) is 9.42. The van der Waals surface area contributed by atoms with E-state index in [4.69, 9.17) is 4.74 Å². The van der Waals surface area contributed by atoms with Gasteiger partial charge in [-0.05, 0) is 57.9 Å². The Kier molecular flexibility index (Phi) is 9.83. The fourth-order valence-corrected chi connectivity index (χ4v) is 1.42. The van der Waals surface area contributed by atoms with Gasteiger partial charge in [0.05, 0.1) is 6.61 Å². The number of hydrogen-bond acceptors (Lipinski definition) is 2. The third kappa shape index (κ3) is 10.6. The fraction of sp³-hybridized carbons (Fsp3) is 0.556. The zero-order valence-corrected chi connectivity index (χ0v) is 13.8. The molecule has 0 aliphatic heterocycles. The van der Waals surface area contributed by atoms with E-state index >= 15 is 0 Å². The van der Waals surface area contributed by atoms with E-state index < -0.39 is 0 Å². The van der Waals surface area contributed by atoms with Crippen LogP contribution in [0, 0.1) is 0 Å². The van der Waals surface area contributed by atoms with E-state index in [0.717, 1.165) is 30.9 Å². The first-order valence-corrected chi connectivity index (χ1v) is 7.53. The Balaban J connectivity index is 0.000000396. The smallest absolute Gasteiger partial charge is 0.119 e. The number of ether oxygens (including phenoxy) is 1. The van der Waals surface area contributed by atoms with Gasteiger partial charge in [0.15, 0.2) is 0 Å². The molecule has 0 atom stereocenters. The Labute approximate surface area is 125 Å². The highest BCUT2D eigenvalue weighted by atomic mass is 16.5. The molecular formula is C18H31NO. The molecule has 0 saturated carbocycles. The van der Waals surface area contributed by atoms with Gasteiger partial charge in [-0.2, -0.15) is 0 Å². The van der Waals surface area contributed by atoms with E-state index in [2.05, 4.69) is 46.5 Å². The molecule has 1 aromatic rings. The van der Waals surface area contributed by atoms with Crippen molar-refractivity contribution in [2.45, 2.75) is 53.0 Å². The molecule has 0 amide bonds. The Morgan fingerprint density at radius 3 is 2.05 bits per heavy atom. The normalized spacial score (nSPS) is 10.4. The van der Waals surface area contributed by atoms with Crippen LogP contribution in [0.4, 0.5) is 0 Å². The molecule has 0 spiro atoms. The summed E-state index contributed by atoms with van der Waals surface area (Å²) in [5.74, 6) is 0.933. The third-order valence-corrected chi connectivity index (χ3v) is 2.49. The highest BCUT2D eigenvalue weighted by Crippen LogP contribution is 2.12. The number of rotatable bonds is 6. The molecule has 1 rings (SSSR count). The van der Waals surface area contributed by atoms with Crippen LogP contribution in [0.3, 0.4) is 0 Å². The standard InChI is InChI=1S/C11H14O.C7H17N/c1-3-9-12-11-7-5-10(4-2)6-8-11;1-5-6-8-7(2,3)4/h4-8H,2-3,9H2,1H3;8H,5-6H2,1-4H3. The molecule has 20 heavy (non-hydrogen) atoms. The van der Waals surface area contributed by atoms with Gasteiger partial charge >= 0.3 is 0 Å². The summed E-state index contributed by atoms with van der Waals surface area (Å²) in [5, 5.41) is 3.37. The number of hydrogen-bond donors (Lipinski definition) is 1. The predicted molar refractivity (Wildman–Crippen MR) is 90.4 cm³/mol. The summed E-state index contributed by atoms with van der Waals surface area (Å²) < 4.78 is 5.42. The minimum absolute atomic E-state index is 0.302. The van der Waals surface area contributed by atoms with E-state index in [1.54, 1.807) is 0 Å². The van der Waals surface area contributed by atoms with Crippen LogP contribution in [0.2, 0.25) is 0 Å². The molecule has 0 fully saturated rings. The van der Waals surface area contributed by atoms with Crippen LogP contribution < -0.4 is 10.1 Å². The van der Waals surface area contributed by atoms with Crippen molar-refractivity contribution >= 4 is 6.08 Å². The summed E-state index contributed by atoms with van der Waals surface area (Å²) in [4.78, 5) is 0. The van der Waals surface area contributed by atoms with Crippen molar-refractivity contribution in [1.82, 2.24) is 5.32 Å². The first-order valence-electron chi connectivity index (χ1n) is 7.53. The average Bonchev–Trinajstić information content (AvgIpc) is 2.43. The Hall–Kier alpha value is -1.28. The summed E-state index contributed by atoms with van der Waals surface area (Å²) in [7, 11) is 0. The van der Waals surface area contributed by atoms with Gasteiger partial charge in [0, 0.05) is 5.54 Å². The summed E-state index contributed by atoms with van der Waals surface area (Å²) >= 11 is 0. The van der Waals surface area contributed by atoms with Crippen LogP contribution in [0.5, 0.6) is 5.75 Å². The number of benzene rings is 1. The molecule has 0 saturated heterocycles. The molecule has 0 unspecified atom stereocenters. The van der Waals surface area contributed by atoms with Crippen molar-refractivity contribution in [3.8, 4) is 5.75 Å². The lowest BCUT2D eigenvalue weighted by molar-refractivity contribution is 0.317. The second-order valence-electron chi connectivity index (χ2n) is 5.80. The topological polar surface area (TPSA) is 21.3 Å². The third-order valence-electron chi connectivity index (χ3n) is 2.49. The van der Waals surface area contributed by atoms with E-state index in [9.17, 15) is 0 Å². The van der Waals surface area contributed by atoms with Crippen LogP contribution in [-0.4, -0.2) is 18.7 Å². The van der Waals surface area contributed by atoms with Gasteiger partial charge in [0.25, 0.3) is 0 Å². The maximum atomic E-state index is 5.42. The van der Waals surface area contributed by atoms with Gasteiger partial charge in [-0.3, -0.25) is 0 Å². The molecule has 0 aliphatic rings. The Morgan fingerprint density at radius 2 is 1.70 bits per heavy atom. The average molecular weight is 277 g/mol. The van der Waals surface area contributed by atoms with Crippen LogP contribution in [-0.2, 0) is 0 Å². The van der Waals surface area contributed by atoms with E-state index in [0.29, 0.717) is 5.54 Å². The molecular weight excluding hydrogens is 246 g/mol. The molecule has 0 aliphatic carbocycles. The van der Waals surface area contributed by atoms with Crippen molar-refractivity contribution in [1.29, 1.82) is 0 Å². The molecule has 114 valence electrons. The van der Waals surface area contributed by atoms with Crippen molar-refractivity contribution in [2.75, 3.05) is 13.2 Å². The Bertz CT molecular complexity index is 349. The van der Waals surface area contributed by atoms with Gasteiger partial charge < -0.3 is 10.1 Å². The summed E-state index contributed by atoms with van der Waals surface area (Å²) in [6.45, 7) is 16.4.